The Hall–Kier alpha value is -0.300. The Morgan fingerprint density at radius 1 is 1.25 bits per heavy atom. The minimum Gasteiger partial charge on any atom is -0.396 e. The van der Waals surface area contributed by atoms with Gasteiger partial charge in [0.25, 0.3) is 0 Å². The summed E-state index contributed by atoms with van der Waals surface area (Å²) in [6.07, 6.45) is 7.98. The van der Waals surface area contributed by atoms with Crippen molar-refractivity contribution in [1.82, 2.24) is 0 Å². The van der Waals surface area contributed by atoms with Crippen molar-refractivity contribution in [2.45, 2.75) is 40.0 Å². The van der Waals surface area contributed by atoms with Gasteiger partial charge in [0.1, 0.15) is 0 Å². The van der Waals surface area contributed by atoms with Crippen molar-refractivity contribution in [3.8, 4) is 0 Å². The number of hydrogen-bond donors (Lipinski definition) is 1. The molecule has 0 heterocycles. The van der Waals surface area contributed by atoms with E-state index in [0.29, 0.717) is 18.4 Å². The Morgan fingerprint density at radius 3 is 2.42 bits per heavy atom. The molecule has 12 heavy (non-hydrogen) atoms. The van der Waals surface area contributed by atoms with Crippen LogP contribution in [0.4, 0.5) is 0 Å². The van der Waals surface area contributed by atoms with Gasteiger partial charge in [-0.1, -0.05) is 32.9 Å². The van der Waals surface area contributed by atoms with Crippen molar-refractivity contribution >= 4 is 0 Å². The van der Waals surface area contributed by atoms with Crippen LogP contribution in [0.25, 0.3) is 0 Å². The molecule has 1 heteroatoms. The van der Waals surface area contributed by atoms with Gasteiger partial charge in [-0.2, -0.15) is 0 Å². The molecule has 0 aromatic heterocycles. The second kappa shape index (κ2) is 7.35. The lowest BCUT2D eigenvalue weighted by Crippen LogP contribution is -1.99. The molecule has 0 aromatic carbocycles. The predicted octanol–water partition coefficient (Wildman–Crippen LogP) is 3.00. The van der Waals surface area contributed by atoms with E-state index in [0.717, 1.165) is 12.8 Å². The lowest BCUT2D eigenvalue weighted by Gasteiger charge is -2.04. The fraction of sp³-hybridized carbons (Fsp3) is 0.818. The number of rotatable bonds is 6. The number of unbranched alkanes of at least 4 members (excludes halogenated alkanes) is 1. The Bertz CT molecular complexity index is 116. The molecule has 0 amide bonds. The molecule has 1 nitrogen and oxygen atoms in total. The van der Waals surface area contributed by atoms with Crippen LogP contribution in [0.2, 0.25) is 0 Å². The fourth-order valence-corrected chi connectivity index (χ4v) is 1.04. The largest absolute Gasteiger partial charge is 0.396 e. The fourth-order valence-electron chi connectivity index (χ4n) is 1.04. The lowest BCUT2D eigenvalue weighted by molar-refractivity contribution is 0.228. The van der Waals surface area contributed by atoms with Gasteiger partial charge in [-0.05, 0) is 31.1 Å². The van der Waals surface area contributed by atoms with Crippen molar-refractivity contribution in [1.29, 1.82) is 0 Å². The van der Waals surface area contributed by atoms with Crippen LogP contribution in [0.3, 0.4) is 0 Å². The number of aliphatic hydroxyl groups is 1. The summed E-state index contributed by atoms with van der Waals surface area (Å²) in [5.74, 6) is 1.14. The molecule has 1 N–H and O–H groups in total. The molecule has 0 saturated carbocycles. The van der Waals surface area contributed by atoms with E-state index >= 15 is 0 Å². The molecule has 0 radical (unpaired) electrons. The molecule has 0 aliphatic carbocycles. The summed E-state index contributed by atoms with van der Waals surface area (Å²) in [5.41, 5.74) is 0. The first-order chi connectivity index (χ1) is 5.66. The van der Waals surface area contributed by atoms with E-state index in [-0.39, 0.29) is 0 Å². The SMILES string of the molecule is CC(C)C=CCCC[C@H](C)CO. The summed E-state index contributed by atoms with van der Waals surface area (Å²) in [6.45, 7) is 6.79. The molecular formula is C11H22O. The van der Waals surface area contributed by atoms with E-state index in [2.05, 4.69) is 32.9 Å². The molecule has 0 fully saturated rings. The Labute approximate surface area is 76.5 Å². The van der Waals surface area contributed by atoms with Crippen molar-refractivity contribution in [2.24, 2.45) is 11.8 Å². The molecule has 0 aliphatic rings. The van der Waals surface area contributed by atoms with Crippen LogP contribution >= 0.6 is 0 Å². The zero-order valence-corrected chi connectivity index (χ0v) is 8.59. The van der Waals surface area contributed by atoms with E-state index in [1.807, 2.05) is 0 Å². The van der Waals surface area contributed by atoms with E-state index in [4.69, 9.17) is 5.11 Å². The van der Waals surface area contributed by atoms with Crippen molar-refractivity contribution in [3.05, 3.63) is 12.2 Å². The van der Waals surface area contributed by atoms with Crippen LogP contribution in [0.5, 0.6) is 0 Å². The summed E-state index contributed by atoms with van der Waals surface area (Å²) in [5, 5.41) is 8.76. The van der Waals surface area contributed by atoms with Gasteiger partial charge in [0.15, 0.2) is 0 Å². The van der Waals surface area contributed by atoms with Gasteiger partial charge in [-0.25, -0.2) is 0 Å². The van der Waals surface area contributed by atoms with Crippen LogP contribution < -0.4 is 0 Å². The lowest BCUT2D eigenvalue weighted by atomic mass is 10.0. The van der Waals surface area contributed by atoms with Crippen molar-refractivity contribution < 1.29 is 5.11 Å². The first-order valence-corrected chi connectivity index (χ1v) is 4.94. The average Bonchev–Trinajstić information content (AvgIpc) is 2.03. The highest BCUT2D eigenvalue weighted by molar-refractivity contribution is 4.84. The highest BCUT2D eigenvalue weighted by atomic mass is 16.3. The van der Waals surface area contributed by atoms with Crippen LogP contribution in [0.15, 0.2) is 12.2 Å². The van der Waals surface area contributed by atoms with Gasteiger partial charge in [-0.15, -0.1) is 0 Å². The van der Waals surface area contributed by atoms with Gasteiger partial charge >= 0.3 is 0 Å². The number of allylic oxidation sites excluding steroid dienone is 2. The van der Waals surface area contributed by atoms with Gasteiger partial charge in [0.2, 0.25) is 0 Å². The van der Waals surface area contributed by atoms with Crippen LogP contribution in [-0.4, -0.2) is 11.7 Å². The highest BCUT2D eigenvalue weighted by Crippen LogP contribution is 2.07. The average molecular weight is 170 g/mol. The first kappa shape index (κ1) is 11.7. The first-order valence-electron chi connectivity index (χ1n) is 4.94. The molecule has 72 valence electrons. The van der Waals surface area contributed by atoms with Crippen LogP contribution in [0, 0.1) is 11.8 Å². The maximum atomic E-state index is 8.76. The highest BCUT2D eigenvalue weighted by Gasteiger charge is 1.97. The minimum atomic E-state index is 0.327. The van der Waals surface area contributed by atoms with Crippen LogP contribution in [-0.2, 0) is 0 Å². The van der Waals surface area contributed by atoms with Gasteiger partial charge in [-0.3, -0.25) is 0 Å². The van der Waals surface area contributed by atoms with E-state index in [9.17, 15) is 0 Å². The Balaban J connectivity index is 3.21. The van der Waals surface area contributed by atoms with E-state index < -0.39 is 0 Å². The van der Waals surface area contributed by atoms with Gasteiger partial charge in [0.05, 0.1) is 0 Å². The maximum absolute atomic E-state index is 8.76. The summed E-state index contributed by atoms with van der Waals surface area (Å²) < 4.78 is 0. The molecule has 0 unspecified atom stereocenters. The quantitative estimate of drug-likeness (QED) is 0.480. The Morgan fingerprint density at radius 2 is 1.92 bits per heavy atom. The molecule has 0 saturated heterocycles. The predicted molar refractivity (Wildman–Crippen MR) is 54.1 cm³/mol. The van der Waals surface area contributed by atoms with Gasteiger partial charge < -0.3 is 5.11 Å². The normalized spacial score (nSPS) is 14.4. The summed E-state index contributed by atoms with van der Waals surface area (Å²) in [4.78, 5) is 0. The monoisotopic (exact) mass is 170 g/mol. The minimum absolute atomic E-state index is 0.327. The Kier molecular flexibility index (Phi) is 7.17. The molecule has 0 spiro atoms. The molecular weight excluding hydrogens is 148 g/mol. The standard InChI is InChI=1S/C11H22O/c1-10(2)7-5-4-6-8-11(3)9-12/h5,7,10-12H,4,6,8-9H2,1-3H3/t11-/m0/s1. The number of aliphatic hydroxyl groups excluding tert-OH is 1. The maximum Gasteiger partial charge on any atom is 0.0456 e. The summed E-state index contributed by atoms with van der Waals surface area (Å²) >= 11 is 0. The van der Waals surface area contributed by atoms with Crippen LogP contribution in [0.1, 0.15) is 40.0 Å². The van der Waals surface area contributed by atoms with E-state index in [1.54, 1.807) is 0 Å². The smallest absolute Gasteiger partial charge is 0.0456 e. The third-order valence-corrected chi connectivity index (χ3v) is 1.90. The molecule has 1 atom stereocenters. The second-order valence-corrected chi connectivity index (χ2v) is 3.89. The topological polar surface area (TPSA) is 20.2 Å². The second-order valence-electron chi connectivity index (χ2n) is 3.89. The zero-order valence-electron chi connectivity index (χ0n) is 8.59. The van der Waals surface area contributed by atoms with Crippen molar-refractivity contribution in [2.75, 3.05) is 6.61 Å². The number of hydrogen-bond acceptors (Lipinski definition) is 1. The summed E-state index contributed by atoms with van der Waals surface area (Å²) in [7, 11) is 0. The molecule has 0 bridgehead atoms. The van der Waals surface area contributed by atoms with Crippen molar-refractivity contribution in [3.63, 3.8) is 0 Å². The summed E-state index contributed by atoms with van der Waals surface area (Å²) in [6, 6.07) is 0. The van der Waals surface area contributed by atoms with E-state index in [1.165, 1.54) is 6.42 Å². The third kappa shape index (κ3) is 7.80. The van der Waals surface area contributed by atoms with Gasteiger partial charge in [0, 0.05) is 6.61 Å². The molecule has 0 aliphatic heterocycles. The third-order valence-electron chi connectivity index (χ3n) is 1.90. The molecule has 0 aromatic rings. The zero-order chi connectivity index (χ0) is 9.40. The molecule has 0 rings (SSSR count).